The molecule has 1 unspecified atom stereocenters. The van der Waals surface area contributed by atoms with Crippen LogP contribution in [0, 0.1) is 6.92 Å². The van der Waals surface area contributed by atoms with E-state index in [-0.39, 0.29) is 0 Å². The monoisotopic (exact) mass is 273 g/mol. The number of anilines is 1. The van der Waals surface area contributed by atoms with Gasteiger partial charge in [0.2, 0.25) is 0 Å². The summed E-state index contributed by atoms with van der Waals surface area (Å²) in [7, 11) is 0. The summed E-state index contributed by atoms with van der Waals surface area (Å²) < 4.78 is 0. The first-order chi connectivity index (χ1) is 9.31. The Morgan fingerprint density at radius 2 is 2.21 bits per heavy atom. The van der Waals surface area contributed by atoms with E-state index in [0.29, 0.717) is 6.04 Å². The van der Waals surface area contributed by atoms with Gasteiger partial charge in [-0.25, -0.2) is 4.98 Å². The lowest BCUT2D eigenvalue weighted by Gasteiger charge is -2.12. The number of nitrogens with one attached hydrogen (secondary N) is 2. The van der Waals surface area contributed by atoms with Crippen molar-refractivity contribution in [1.82, 2.24) is 10.3 Å². The molecule has 0 aliphatic carbocycles. The van der Waals surface area contributed by atoms with Gasteiger partial charge in [0.1, 0.15) is 0 Å². The standard InChI is InChI=1S/C15H19N3S/c1-11-18-15(10-19-11)12-4-6-13(7-5-12)17-9-14-3-2-8-16-14/h4-7,10,14,16-17H,2-3,8-9H2,1H3. The lowest BCUT2D eigenvalue weighted by molar-refractivity contribution is 0.633. The van der Waals surface area contributed by atoms with Crippen molar-refractivity contribution in [2.24, 2.45) is 0 Å². The van der Waals surface area contributed by atoms with Gasteiger partial charge in [0.25, 0.3) is 0 Å². The van der Waals surface area contributed by atoms with Crippen molar-refractivity contribution in [3.63, 3.8) is 0 Å². The minimum Gasteiger partial charge on any atom is -0.383 e. The average Bonchev–Trinajstić information content (AvgIpc) is 3.08. The Kier molecular flexibility index (Phi) is 3.80. The third-order valence-corrected chi connectivity index (χ3v) is 4.29. The van der Waals surface area contributed by atoms with Gasteiger partial charge >= 0.3 is 0 Å². The van der Waals surface area contributed by atoms with E-state index in [0.717, 1.165) is 23.8 Å². The largest absolute Gasteiger partial charge is 0.383 e. The normalized spacial score (nSPS) is 18.7. The molecule has 0 saturated carbocycles. The summed E-state index contributed by atoms with van der Waals surface area (Å²) in [5.74, 6) is 0. The number of nitrogens with zero attached hydrogens (tertiary/aromatic N) is 1. The first kappa shape index (κ1) is 12.6. The molecule has 0 amide bonds. The van der Waals surface area contributed by atoms with Crippen LogP contribution < -0.4 is 10.6 Å². The number of hydrogen-bond donors (Lipinski definition) is 2. The van der Waals surface area contributed by atoms with E-state index in [2.05, 4.69) is 45.3 Å². The number of hydrogen-bond acceptors (Lipinski definition) is 4. The maximum absolute atomic E-state index is 4.51. The Hall–Kier alpha value is -1.39. The lowest BCUT2D eigenvalue weighted by Crippen LogP contribution is -2.29. The van der Waals surface area contributed by atoms with E-state index in [1.165, 1.54) is 24.1 Å². The molecule has 3 nitrogen and oxygen atoms in total. The molecular weight excluding hydrogens is 254 g/mol. The summed E-state index contributed by atoms with van der Waals surface area (Å²) in [5, 5.41) is 10.2. The van der Waals surface area contributed by atoms with Crippen molar-refractivity contribution in [1.29, 1.82) is 0 Å². The van der Waals surface area contributed by atoms with E-state index in [1.54, 1.807) is 11.3 Å². The van der Waals surface area contributed by atoms with Crippen molar-refractivity contribution >= 4 is 17.0 Å². The molecule has 1 aliphatic rings. The summed E-state index contributed by atoms with van der Waals surface area (Å²) in [6, 6.07) is 9.18. The Bertz CT molecular complexity index is 527. The summed E-state index contributed by atoms with van der Waals surface area (Å²) >= 11 is 1.70. The highest BCUT2D eigenvalue weighted by Crippen LogP contribution is 2.23. The maximum Gasteiger partial charge on any atom is 0.0901 e. The summed E-state index contributed by atoms with van der Waals surface area (Å²) in [4.78, 5) is 4.51. The quantitative estimate of drug-likeness (QED) is 0.897. The molecule has 1 fully saturated rings. The van der Waals surface area contributed by atoms with Crippen LogP contribution in [0.15, 0.2) is 29.6 Å². The first-order valence-corrected chi connectivity index (χ1v) is 7.69. The minimum atomic E-state index is 0.626. The van der Waals surface area contributed by atoms with E-state index in [4.69, 9.17) is 0 Å². The van der Waals surface area contributed by atoms with Crippen LogP contribution in [0.4, 0.5) is 5.69 Å². The van der Waals surface area contributed by atoms with Gasteiger partial charge in [-0.2, -0.15) is 0 Å². The average molecular weight is 273 g/mol. The van der Waals surface area contributed by atoms with Gasteiger partial charge in [-0.3, -0.25) is 0 Å². The molecule has 100 valence electrons. The molecule has 1 atom stereocenters. The third-order valence-electron chi connectivity index (χ3n) is 3.51. The van der Waals surface area contributed by atoms with Crippen molar-refractivity contribution in [3.05, 3.63) is 34.7 Å². The van der Waals surface area contributed by atoms with Crippen molar-refractivity contribution < 1.29 is 0 Å². The third kappa shape index (κ3) is 3.14. The second-order valence-electron chi connectivity index (χ2n) is 5.00. The van der Waals surface area contributed by atoms with Gasteiger partial charge in [-0.1, -0.05) is 12.1 Å². The molecule has 1 aromatic carbocycles. The zero-order chi connectivity index (χ0) is 13.1. The highest BCUT2D eigenvalue weighted by molar-refractivity contribution is 7.09. The van der Waals surface area contributed by atoms with Gasteiger partial charge in [0, 0.05) is 29.2 Å². The number of aromatic nitrogens is 1. The zero-order valence-electron chi connectivity index (χ0n) is 11.1. The zero-order valence-corrected chi connectivity index (χ0v) is 12.0. The minimum absolute atomic E-state index is 0.626. The predicted molar refractivity (Wildman–Crippen MR) is 81.8 cm³/mol. The van der Waals surface area contributed by atoms with Crippen LogP contribution in [-0.4, -0.2) is 24.1 Å². The van der Waals surface area contributed by atoms with E-state index in [9.17, 15) is 0 Å². The second kappa shape index (κ2) is 5.72. The Morgan fingerprint density at radius 1 is 1.37 bits per heavy atom. The molecule has 4 heteroatoms. The lowest BCUT2D eigenvalue weighted by atomic mass is 10.1. The molecule has 0 radical (unpaired) electrons. The fourth-order valence-corrected chi connectivity index (χ4v) is 3.05. The van der Waals surface area contributed by atoms with Gasteiger partial charge < -0.3 is 10.6 Å². The van der Waals surface area contributed by atoms with Crippen LogP contribution in [0.3, 0.4) is 0 Å². The number of benzene rings is 1. The van der Waals surface area contributed by atoms with Crippen LogP contribution in [0.25, 0.3) is 11.3 Å². The SMILES string of the molecule is Cc1nc(-c2ccc(NCC3CCCN3)cc2)cs1. The predicted octanol–water partition coefficient (Wildman–Crippen LogP) is 3.28. The molecule has 0 bridgehead atoms. The van der Waals surface area contributed by atoms with Crippen LogP contribution in [-0.2, 0) is 0 Å². The molecule has 19 heavy (non-hydrogen) atoms. The fraction of sp³-hybridized carbons (Fsp3) is 0.400. The Morgan fingerprint density at radius 3 is 2.84 bits per heavy atom. The van der Waals surface area contributed by atoms with Crippen LogP contribution in [0.5, 0.6) is 0 Å². The molecule has 2 N–H and O–H groups in total. The van der Waals surface area contributed by atoms with Crippen LogP contribution >= 0.6 is 11.3 Å². The summed E-state index contributed by atoms with van der Waals surface area (Å²) in [5.41, 5.74) is 3.45. The Balaban J connectivity index is 1.62. The van der Waals surface area contributed by atoms with Gasteiger partial charge in [0.15, 0.2) is 0 Å². The van der Waals surface area contributed by atoms with Crippen molar-refractivity contribution in [3.8, 4) is 11.3 Å². The van der Waals surface area contributed by atoms with Crippen molar-refractivity contribution in [2.75, 3.05) is 18.4 Å². The van der Waals surface area contributed by atoms with Gasteiger partial charge in [-0.15, -0.1) is 11.3 Å². The smallest absolute Gasteiger partial charge is 0.0901 e. The van der Waals surface area contributed by atoms with Gasteiger partial charge in [-0.05, 0) is 38.4 Å². The second-order valence-corrected chi connectivity index (χ2v) is 6.07. The number of aryl methyl sites for hydroxylation is 1. The maximum atomic E-state index is 4.51. The molecule has 0 spiro atoms. The number of rotatable bonds is 4. The van der Waals surface area contributed by atoms with Crippen molar-refractivity contribution in [2.45, 2.75) is 25.8 Å². The Labute approximate surface area is 118 Å². The molecule has 2 heterocycles. The molecule has 2 aromatic rings. The van der Waals surface area contributed by atoms with E-state index in [1.807, 2.05) is 6.92 Å². The molecule has 1 aromatic heterocycles. The molecule has 1 aliphatic heterocycles. The fourth-order valence-electron chi connectivity index (χ4n) is 2.43. The topological polar surface area (TPSA) is 37.0 Å². The van der Waals surface area contributed by atoms with E-state index < -0.39 is 0 Å². The summed E-state index contributed by atoms with van der Waals surface area (Å²) in [6.45, 7) is 4.21. The van der Waals surface area contributed by atoms with E-state index >= 15 is 0 Å². The van der Waals surface area contributed by atoms with Gasteiger partial charge in [0.05, 0.1) is 10.7 Å². The molecule has 1 saturated heterocycles. The molecule has 3 rings (SSSR count). The summed E-state index contributed by atoms with van der Waals surface area (Å²) in [6.07, 6.45) is 2.58. The number of thiazole rings is 1. The van der Waals surface area contributed by atoms with Crippen LogP contribution in [0.1, 0.15) is 17.8 Å². The molecular formula is C15H19N3S. The highest BCUT2D eigenvalue weighted by atomic mass is 32.1. The van der Waals surface area contributed by atoms with Crippen LogP contribution in [0.2, 0.25) is 0 Å². The first-order valence-electron chi connectivity index (χ1n) is 6.81. The highest BCUT2D eigenvalue weighted by Gasteiger charge is 2.13.